The van der Waals surface area contributed by atoms with Gasteiger partial charge in [0, 0.05) is 6.54 Å². The molecule has 26 heavy (non-hydrogen) atoms. The lowest BCUT2D eigenvalue weighted by molar-refractivity contribution is 0.211. The van der Waals surface area contributed by atoms with Crippen LogP contribution < -0.4 is 9.46 Å². The highest BCUT2D eigenvalue weighted by Gasteiger charge is 2.26. The maximum absolute atomic E-state index is 13.3. The van der Waals surface area contributed by atoms with Gasteiger partial charge in [-0.3, -0.25) is 4.57 Å². The van der Waals surface area contributed by atoms with Crippen LogP contribution in [0, 0.1) is 17.5 Å². The molecule has 1 N–H and O–H groups in total. The van der Waals surface area contributed by atoms with Crippen molar-refractivity contribution < 1.29 is 26.3 Å². The zero-order valence-corrected chi connectivity index (χ0v) is 15.4. The molecule has 7 nitrogen and oxygen atoms in total. The Bertz CT molecular complexity index is 877. The SMILES string of the molecule is CCn1c(OC(C)C)nnc1[C@@H](C)NS(=O)(=O)c1cc(F)c(F)c(F)c1. The topological polar surface area (TPSA) is 86.1 Å². The van der Waals surface area contributed by atoms with Gasteiger partial charge in [0.25, 0.3) is 0 Å². The van der Waals surface area contributed by atoms with Crippen LogP contribution in [0.3, 0.4) is 0 Å². The van der Waals surface area contributed by atoms with Crippen LogP contribution >= 0.6 is 0 Å². The lowest BCUT2D eigenvalue weighted by Crippen LogP contribution is -2.29. The summed E-state index contributed by atoms with van der Waals surface area (Å²) in [6, 6.07) is 0.159. The van der Waals surface area contributed by atoms with Crippen molar-refractivity contribution in [2.45, 2.75) is 51.3 Å². The molecule has 0 saturated heterocycles. The molecule has 0 fully saturated rings. The second-order valence-electron chi connectivity index (χ2n) is 5.80. The second-order valence-corrected chi connectivity index (χ2v) is 7.51. The number of rotatable bonds is 7. The van der Waals surface area contributed by atoms with E-state index in [4.69, 9.17) is 4.74 Å². The number of ether oxygens (including phenoxy) is 1. The van der Waals surface area contributed by atoms with Crippen molar-refractivity contribution >= 4 is 10.0 Å². The van der Waals surface area contributed by atoms with Crippen LogP contribution in [0.1, 0.15) is 39.6 Å². The van der Waals surface area contributed by atoms with Crippen molar-refractivity contribution in [1.82, 2.24) is 19.5 Å². The fourth-order valence-corrected chi connectivity index (χ4v) is 3.48. The van der Waals surface area contributed by atoms with Gasteiger partial charge in [0.1, 0.15) is 0 Å². The molecular formula is C15H19F3N4O3S. The first kappa shape index (κ1) is 20.2. The molecule has 2 aromatic rings. The van der Waals surface area contributed by atoms with Crippen LogP contribution in [0.5, 0.6) is 6.01 Å². The third-order valence-corrected chi connectivity index (χ3v) is 4.91. The number of sulfonamides is 1. The van der Waals surface area contributed by atoms with Crippen LogP contribution in [0.4, 0.5) is 13.2 Å². The molecule has 0 spiro atoms. The summed E-state index contributed by atoms with van der Waals surface area (Å²) in [6.07, 6.45) is -0.158. The molecule has 0 unspecified atom stereocenters. The van der Waals surface area contributed by atoms with E-state index >= 15 is 0 Å². The highest BCUT2D eigenvalue weighted by molar-refractivity contribution is 7.89. The van der Waals surface area contributed by atoms with Crippen LogP contribution in [0.25, 0.3) is 0 Å². The molecule has 0 aliphatic heterocycles. The predicted molar refractivity (Wildman–Crippen MR) is 86.5 cm³/mol. The van der Waals surface area contributed by atoms with Gasteiger partial charge in [-0.15, -0.1) is 5.10 Å². The molecule has 1 atom stereocenters. The van der Waals surface area contributed by atoms with Crippen LogP contribution in [-0.2, 0) is 16.6 Å². The van der Waals surface area contributed by atoms with Crippen molar-refractivity contribution in [1.29, 1.82) is 0 Å². The van der Waals surface area contributed by atoms with Crippen molar-refractivity contribution in [2.24, 2.45) is 0 Å². The number of halogens is 3. The van der Waals surface area contributed by atoms with Gasteiger partial charge in [0.2, 0.25) is 10.0 Å². The van der Waals surface area contributed by atoms with Gasteiger partial charge >= 0.3 is 6.01 Å². The summed E-state index contributed by atoms with van der Waals surface area (Å²) in [5.74, 6) is -4.67. The third kappa shape index (κ3) is 4.15. The normalized spacial score (nSPS) is 13.2. The van der Waals surface area contributed by atoms with Crippen LogP contribution in [-0.4, -0.2) is 29.3 Å². The Morgan fingerprint density at radius 2 is 1.73 bits per heavy atom. The maximum atomic E-state index is 13.3. The second kappa shape index (κ2) is 7.62. The summed E-state index contributed by atoms with van der Waals surface area (Å²) in [5.41, 5.74) is 0. The molecule has 0 radical (unpaired) electrons. The number of nitrogens with one attached hydrogen (secondary N) is 1. The van der Waals surface area contributed by atoms with Gasteiger partial charge in [-0.05, 0) is 39.8 Å². The minimum absolute atomic E-state index is 0.158. The third-order valence-electron chi connectivity index (χ3n) is 3.39. The summed E-state index contributed by atoms with van der Waals surface area (Å²) in [5, 5.41) is 7.80. The summed E-state index contributed by atoms with van der Waals surface area (Å²) in [4.78, 5) is -0.734. The van der Waals surface area contributed by atoms with Gasteiger partial charge < -0.3 is 4.74 Å². The van der Waals surface area contributed by atoms with Crippen molar-refractivity contribution in [3.05, 3.63) is 35.4 Å². The highest BCUT2D eigenvalue weighted by Crippen LogP contribution is 2.22. The number of benzene rings is 1. The first-order chi connectivity index (χ1) is 12.1. The Kier molecular flexibility index (Phi) is 5.91. The van der Waals surface area contributed by atoms with Crippen molar-refractivity contribution in [2.75, 3.05) is 0 Å². The number of hydrogen-bond acceptors (Lipinski definition) is 5. The van der Waals surface area contributed by atoms with Gasteiger partial charge in [-0.2, -0.15) is 0 Å². The van der Waals surface area contributed by atoms with E-state index in [2.05, 4.69) is 14.9 Å². The monoisotopic (exact) mass is 392 g/mol. The van der Waals surface area contributed by atoms with E-state index in [1.807, 2.05) is 0 Å². The summed E-state index contributed by atoms with van der Waals surface area (Å²) >= 11 is 0. The van der Waals surface area contributed by atoms with Gasteiger partial charge in [-0.25, -0.2) is 26.3 Å². The van der Waals surface area contributed by atoms with Crippen LogP contribution in [0.15, 0.2) is 17.0 Å². The molecule has 1 heterocycles. The van der Waals surface area contributed by atoms with Crippen molar-refractivity contribution in [3.8, 4) is 6.01 Å². The lowest BCUT2D eigenvalue weighted by atomic mass is 10.3. The maximum Gasteiger partial charge on any atom is 0.317 e. The van der Waals surface area contributed by atoms with Crippen LogP contribution in [0.2, 0.25) is 0 Å². The molecule has 144 valence electrons. The van der Waals surface area contributed by atoms with E-state index in [1.54, 1.807) is 25.3 Å². The molecule has 0 bridgehead atoms. The Labute approximate surface area is 149 Å². The Morgan fingerprint density at radius 3 is 2.23 bits per heavy atom. The average Bonchev–Trinajstić information content (AvgIpc) is 2.93. The summed E-state index contributed by atoms with van der Waals surface area (Å²) in [7, 11) is -4.33. The quantitative estimate of drug-likeness (QED) is 0.732. The first-order valence-corrected chi connectivity index (χ1v) is 9.31. The van der Waals surface area contributed by atoms with E-state index in [9.17, 15) is 21.6 Å². The first-order valence-electron chi connectivity index (χ1n) is 7.83. The minimum Gasteiger partial charge on any atom is -0.461 e. The molecule has 0 saturated carbocycles. The molecular weight excluding hydrogens is 373 g/mol. The number of aromatic nitrogens is 3. The van der Waals surface area contributed by atoms with Gasteiger partial charge in [0.15, 0.2) is 23.3 Å². The molecule has 0 aliphatic rings. The Hall–Kier alpha value is -2.14. The van der Waals surface area contributed by atoms with Gasteiger partial charge in [0.05, 0.1) is 17.0 Å². The van der Waals surface area contributed by atoms with E-state index < -0.39 is 38.4 Å². The fourth-order valence-electron chi connectivity index (χ4n) is 2.26. The average molecular weight is 392 g/mol. The smallest absolute Gasteiger partial charge is 0.317 e. The summed E-state index contributed by atoms with van der Waals surface area (Å²) < 4.78 is 73.7. The van der Waals surface area contributed by atoms with Gasteiger partial charge in [-0.1, -0.05) is 5.10 Å². The number of nitrogens with zero attached hydrogens (tertiary/aromatic N) is 3. The molecule has 0 aliphatic carbocycles. The largest absolute Gasteiger partial charge is 0.461 e. The number of hydrogen-bond donors (Lipinski definition) is 1. The molecule has 0 amide bonds. The predicted octanol–water partition coefficient (Wildman–Crippen LogP) is 2.54. The lowest BCUT2D eigenvalue weighted by Gasteiger charge is -2.16. The van der Waals surface area contributed by atoms with E-state index in [-0.39, 0.29) is 17.9 Å². The summed E-state index contributed by atoms with van der Waals surface area (Å²) in [6.45, 7) is 7.31. The molecule has 1 aromatic carbocycles. The fraction of sp³-hybridized carbons (Fsp3) is 0.467. The molecule has 11 heteroatoms. The molecule has 1 aromatic heterocycles. The standard InChI is InChI=1S/C15H19F3N4O3S/c1-5-22-14(19-20-15(22)25-8(2)3)9(4)21-26(23,24)10-6-11(16)13(18)12(17)7-10/h6-9,21H,5H2,1-4H3/t9-/m1/s1. The minimum atomic E-state index is -4.33. The Morgan fingerprint density at radius 1 is 1.15 bits per heavy atom. The highest BCUT2D eigenvalue weighted by atomic mass is 32.2. The zero-order valence-electron chi connectivity index (χ0n) is 14.6. The molecule has 2 rings (SSSR count). The van der Waals surface area contributed by atoms with E-state index in [0.717, 1.165) is 0 Å². The van der Waals surface area contributed by atoms with Crippen molar-refractivity contribution in [3.63, 3.8) is 0 Å². The Balaban J connectivity index is 2.32. The zero-order chi connectivity index (χ0) is 19.6. The van der Waals surface area contributed by atoms with E-state index in [0.29, 0.717) is 18.7 Å². The van der Waals surface area contributed by atoms with E-state index in [1.165, 1.54) is 6.92 Å².